The van der Waals surface area contributed by atoms with Gasteiger partial charge in [0.25, 0.3) is 0 Å². The van der Waals surface area contributed by atoms with E-state index in [0.29, 0.717) is 12.2 Å². The number of rotatable bonds is 2. The molecule has 1 aliphatic carbocycles. The number of hydrogen-bond acceptors (Lipinski definition) is 2. The Labute approximate surface area is 66.2 Å². The molecule has 0 spiro atoms. The fourth-order valence-electron chi connectivity index (χ4n) is 1.10. The van der Waals surface area contributed by atoms with Crippen molar-refractivity contribution in [1.29, 1.82) is 0 Å². The van der Waals surface area contributed by atoms with Crippen LogP contribution in [-0.2, 0) is 4.79 Å². The highest BCUT2D eigenvalue weighted by molar-refractivity contribution is 5.52. The Morgan fingerprint density at radius 2 is 2.55 bits per heavy atom. The summed E-state index contributed by atoms with van der Waals surface area (Å²) in [6.45, 7) is 2.00. The smallest absolute Gasteiger partial charge is 0.120 e. The topological polar surface area (TPSA) is 37.3 Å². The minimum Gasteiger partial charge on any atom is -0.508 e. The van der Waals surface area contributed by atoms with Crippen molar-refractivity contribution >= 4 is 6.29 Å². The second-order valence-corrected chi connectivity index (χ2v) is 3.19. The van der Waals surface area contributed by atoms with E-state index in [4.69, 9.17) is 5.11 Å². The zero-order valence-electron chi connectivity index (χ0n) is 6.58. The van der Waals surface area contributed by atoms with E-state index in [1.807, 2.05) is 13.0 Å². The maximum atomic E-state index is 10.2. The normalized spacial score (nSPS) is 29.7. The highest BCUT2D eigenvalue weighted by Crippen LogP contribution is 2.30. The molecule has 0 amide bonds. The lowest BCUT2D eigenvalue weighted by Gasteiger charge is -2.23. The van der Waals surface area contributed by atoms with Crippen molar-refractivity contribution in [1.82, 2.24) is 0 Å². The predicted octanol–water partition coefficient (Wildman–Crippen LogP) is 1.98. The fourth-order valence-corrected chi connectivity index (χ4v) is 1.10. The third kappa shape index (κ3) is 1.93. The Balaban J connectivity index is 2.65. The third-order valence-corrected chi connectivity index (χ3v) is 1.98. The van der Waals surface area contributed by atoms with E-state index in [1.54, 1.807) is 12.2 Å². The lowest BCUT2D eigenvalue weighted by molar-refractivity contribution is -0.109. The number of carbonyl (C=O) groups is 1. The molecule has 60 valence electrons. The summed E-state index contributed by atoms with van der Waals surface area (Å²) in [7, 11) is 0. The summed E-state index contributed by atoms with van der Waals surface area (Å²) < 4.78 is 0. The van der Waals surface area contributed by atoms with Crippen LogP contribution in [0.15, 0.2) is 24.0 Å². The molecule has 0 aromatic carbocycles. The molecule has 0 radical (unpaired) electrons. The standard InChI is InChI=1S/C9H12O2/c1-9(6-7-10)4-2-8(11)3-5-9/h2-4,7,11H,5-6H2,1H3. The fraction of sp³-hybridized carbons (Fsp3) is 0.444. The first-order valence-corrected chi connectivity index (χ1v) is 3.68. The van der Waals surface area contributed by atoms with Gasteiger partial charge in [-0.05, 0) is 24.0 Å². The molecular weight excluding hydrogens is 140 g/mol. The van der Waals surface area contributed by atoms with Gasteiger partial charge in [0.05, 0.1) is 0 Å². The van der Waals surface area contributed by atoms with Crippen LogP contribution in [0.4, 0.5) is 0 Å². The van der Waals surface area contributed by atoms with Gasteiger partial charge in [0.2, 0.25) is 0 Å². The quantitative estimate of drug-likeness (QED) is 0.614. The van der Waals surface area contributed by atoms with Crippen LogP contribution in [-0.4, -0.2) is 11.4 Å². The van der Waals surface area contributed by atoms with Gasteiger partial charge in [0, 0.05) is 6.42 Å². The van der Waals surface area contributed by atoms with Crippen LogP contribution in [0, 0.1) is 5.41 Å². The lowest BCUT2D eigenvalue weighted by atomic mass is 9.81. The Hall–Kier alpha value is -1.05. The summed E-state index contributed by atoms with van der Waals surface area (Å²) in [5.74, 6) is 0.299. The largest absolute Gasteiger partial charge is 0.508 e. The molecule has 1 atom stereocenters. The molecule has 2 nitrogen and oxygen atoms in total. The minimum absolute atomic E-state index is 0.0754. The summed E-state index contributed by atoms with van der Waals surface area (Å²) in [6, 6.07) is 0. The van der Waals surface area contributed by atoms with E-state index in [0.717, 1.165) is 12.7 Å². The first kappa shape index (κ1) is 8.05. The van der Waals surface area contributed by atoms with Crippen LogP contribution in [0.5, 0.6) is 0 Å². The molecule has 0 aromatic heterocycles. The van der Waals surface area contributed by atoms with Crippen LogP contribution in [0.1, 0.15) is 19.8 Å². The van der Waals surface area contributed by atoms with Gasteiger partial charge >= 0.3 is 0 Å². The monoisotopic (exact) mass is 152 g/mol. The van der Waals surface area contributed by atoms with Crippen molar-refractivity contribution in [2.45, 2.75) is 19.8 Å². The van der Waals surface area contributed by atoms with Crippen LogP contribution >= 0.6 is 0 Å². The summed E-state index contributed by atoms with van der Waals surface area (Å²) >= 11 is 0. The minimum atomic E-state index is -0.0754. The van der Waals surface area contributed by atoms with Crippen LogP contribution in [0.2, 0.25) is 0 Å². The van der Waals surface area contributed by atoms with Gasteiger partial charge in [-0.3, -0.25) is 0 Å². The Morgan fingerprint density at radius 1 is 1.82 bits per heavy atom. The van der Waals surface area contributed by atoms with Crippen molar-refractivity contribution in [3.63, 3.8) is 0 Å². The molecule has 0 aliphatic heterocycles. The highest BCUT2D eigenvalue weighted by Gasteiger charge is 2.21. The van der Waals surface area contributed by atoms with Gasteiger partial charge in [-0.2, -0.15) is 0 Å². The van der Waals surface area contributed by atoms with Crippen molar-refractivity contribution in [2.24, 2.45) is 5.41 Å². The van der Waals surface area contributed by atoms with Crippen molar-refractivity contribution in [2.75, 3.05) is 0 Å². The van der Waals surface area contributed by atoms with Gasteiger partial charge in [0.1, 0.15) is 12.0 Å². The van der Waals surface area contributed by atoms with E-state index in [1.165, 1.54) is 0 Å². The Bertz CT molecular complexity index is 216. The average molecular weight is 152 g/mol. The molecule has 1 rings (SSSR count). The number of aliphatic hydroxyl groups is 1. The Kier molecular flexibility index (Phi) is 2.13. The zero-order valence-corrected chi connectivity index (χ0v) is 6.58. The summed E-state index contributed by atoms with van der Waals surface area (Å²) in [6.07, 6.45) is 7.45. The van der Waals surface area contributed by atoms with Crippen molar-refractivity contribution in [3.05, 3.63) is 24.0 Å². The molecule has 0 heterocycles. The summed E-state index contributed by atoms with van der Waals surface area (Å²) in [5.41, 5.74) is -0.0754. The van der Waals surface area contributed by atoms with E-state index in [2.05, 4.69) is 0 Å². The van der Waals surface area contributed by atoms with E-state index < -0.39 is 0 Å². The molecule has 0 bridgehead atoms. The first-order valence-electron chi connectivity index (χ1n) is 3.68. The molecule has 11 heavy (non-hydrogen) atoms. The second-order valence-electron chi connectivity index (χ2n) is 3.19. The van der Waals surface area contributed by atoms with E-state index >= 15 is 0 Å². The number of allylic oxidation sites excluding steroid dienone is 3. The number of aliphatic hydroxyl groups excluding tert-OH is 1. The second kappa shape index (κ2) is 2.91. The average Bonchev–Trinajstić information content (AvgIpc) is 1.97. The molecule has 0 fully saturated rings. The van der Waals surface area contributed by atoms with Gasteiger partial charge in [0.15, 0.2) is 0 Å². The molecular formula is C9H12O2. The number of aldehydes is 1. The molecule has 1 N–H and O–H groups in total. The Morgan fingerprint density at radius 3 is 3.00 bits per heavy atom. The van der Waals surface area contributed by atoms with Gasteiger partial charge < -0.3 is 9.90 Å². The predicted molar refractivity (Wildman–Crippen MR) is 43.3 cm³/mol. The third-order valence-electron chi connectivity index (χ3n) is 1.98. The molecule has 0 saturated carbocycles. The van der Waals surface area contributed by atoms with Gasteiger partial charge in [-0.15, -0.1) is 0 Å². The van der Waals surface area contributed by atoms with Gasteiger partial charge in [-0.1, -0.05) is 13.0 Å². The summed E-state index contributed by atoms with van der Waals surface area (Å²) in [4.78, 5) is 10.2. The van der Waals surface area contributed by atoms with Crippen molar-refractivity contribution < 1.29 is 9.90 Å². The maximum absolute atomic E-state index is 10.2. The number of carbonyl (C=O) groups excluding carboxylic acids is 1. The van der Waals surface area contributed by atoms with E-state index in [9.17, 15) is 4.79 Å². The first-order chi connectivity index (χ1) is 5.16. The van der Waals surface area contributed by atoms with Gasteiger partial charge in [-0.25, -0.2) is 0 Å². The SMILES string of the molecule is CC1(CC=O)C=CC(O)=CC1. The van der Waals surface area contributed by atoms with Crippen LogP contribution in [0.25, 0.3) is 0 Å². The highest BCUT2D eigenvalue weighted by atomic mass is 16.3. The lowest BCUT2D eigenvalue weighted by Crippen LogP contribution is -2.15. The molecule has 0 saturated heterocycles. The van der Waals surface area contributed by atoms with Crippen molar-refractivity contribution in [3.8, 4) is 0 Å². The molecule has 1 unspecified atom stereocenters. The zero-order chi connectivity index (χ0) is 8.32. The van der Waals surface area contributed by atoms with Crippen LogP contribution < -0.4 is 0 Å². The molecule has 2 heteroatoms. The maximum Gasteiger partial charge on any atom is 0.120 e. The van der Waals surface area contributed by atoms with E-state index in [-0.39, 0.29) is 5.41 Å². The number of hydrogen-bond donors (Lipinski definition) is 1. The van der Waals surface area contributed by atoms with Crippen LogP contribution in [0.3, 0.4) is 0 Å². The summed E-state index contributed by atoms with van der Waals surface area (Å²) in [5, 5.41) is 9.00. The molecule has 0 aromatic rings. The molecule has 1 aliphatic rings.